The molecule has 2 aromatic carbocycles. The summed E-state index contributed by atoms with van der Waals surface area (Å²) in [5.41, 5.74) is 3.47. The van der Waals surface area contributed by atoms with Crippen LogP contribution in [0.5, 0.6) is 0 Å². The number of aryl methyl sites for hydroxylation is 1. The van der Waals surface area contributed by atoms with E-state index in [1.54, 1.807) is 11.3 Å². The molecular formula is C21H14S2. The first-order valence-electron chi connectivity index (χ1n) is 7.45. The van der Waals surface area contributed by atoms with Gasteiger partial charge in [0.05, 0.1) is 10.4 Å². The first kappa shape index (κ1) is 14.3. The first-order valence-corrected chi connectivity index (χ1v) is 9.15. The Morgan fingerprint density at radius 1 is 0.826 bits per heavy atom. The van der Waals surface area contributed by atoms with Crippen molar-refractivity contribution in [1.29, 1.82) is 0 Å². The minimum atomic E-state index is 1.06. The molecule has 2 heteroatoms. The van der Waals surface area contributed by atoms with Gasteiger partial charge in [0, 0.05) is 20.5 Å². The van der Waals surface area contributed by atoms with Crippen molar-refractivity contribution in [2.24, 2.45) is 0 Å². The van der Waals surface area contributed by atoms with Crippen LogP contribution < -0.4 is 0 Å². The second kappa shape index (κ2) is 6.04. The van der Waals surface area contributed by atoms with Crippen LogP contribution in [0.15, 0.2) is 66.0 Å². The monoisotopic (exact) mass is 330 g/mol. The van der Waals surface area contributed by atoms with Gasteiger partial charge in [-0.3, -0.25) is 0 Å². The Kier molecular flexibility index (Phi) is 3.75. The van der Waals surface area contributed by atoms with Crippen molar-refractivity contribution in [3.05, 3.63) is 82.7 Å². The Labute approximate surface area is 144 Å². The molecule has 0 radical (unpaired) electrons. The van der Waals surface area contributed by atoms with E-state index in [0.29, 0.717) is 0 Å². The van der Waals surface area contributed by atoms with Crippen molar-refractivity contribution < 1.29 is 0 Å². The molecule has 0 saturated carbocycles. The van der Waals surface area contributed by atoms with Gasteiger partial charge in [-0.25, -0.2) is 0 Å². The van der Waals surface area contributed by atoms with Gasteiger partial charge in [-0.15, -0.1) is 22.7 Å². The Hall–Kier alpha value is -2.34. The summed E-state index contributed by atoms with van der Waals surface area (Å²) in [6.45, 7) is 2.10. The van der Waals surface area contributed by atoms with Crippen molar-refractivity contribution in [2.75, 3.05) is 0 Å². The van der Waals surface area contributed by atoms with E-state index >= 15 is 0 Å². The van der Waals surface area contributed by atoms with Crippen LogP contribution in [0.3, 0.4) is 0 Å². The lowest BCUT2D eigenvalue weighted by Gasteiger charge is -1.95. The summed E-state index contributed by atoms with van der Waals surface area (Å²) in [5, 5.41) is 3.37. The van der Waals surface area contributed by atoms with Crippen molar-refractivity contribution in [3.63, 3.8) is 0 Å². The zero-order valence-electron chi connectivity index (χ0n) is 12.7. The number of rotatable bonds is 1. The molecular weight excluding hydrogens is 316 g/mol. The van der Waals surface area contributed by atoms with E-state index in [0.717, 1.165) is 11.1 Å². The highest BCUT2D eigenvalue weighted by Gasteiger charge is 2.12. The lowest BCUT2D eigenvalue weighted by molar-refractivity contribution is 1.46. The summed E-state index contributed by atoms with van der Waals surface area (Å²) in [4.78, 5) is 2.57. The van der Waals surface area contributed by atoms with Crippen LogP contribution in [-0.4, -0.2) is 0 Å². The summed E-state index contributed by atoms with van der Waals surface area (Å²) in [7, 11) is 0. The third-order valence-corrected chi connectivity index (χ3v) is 5.94. The molecule has 0 N–H and O–H groups in total. The van der Waals surface area contributed by atoms with Gasteiger partial charge in [-0.05, 0) is 36.6 Å². The quantitative estimate of drug-likeness (QED) is 0.357. The highest BCUT2D eigenvalue weighted by atomic mass is 32.1. The molecule has 0 nitrogen and oxygen atoms in total. The largest absolute Gasteiger partial charge is 0.143 e. The van der Waals surface area contributed by atoms with Crippen LogP contribution in [0, 0.1) is 18.8 Å². The molecule has 0 aliphatic carbocycles. The second-order valence-corrected chi connectivity index (χ2v) is 7.40. The Bertz CT molecular complexity index is 1010. The molecule has 0 aliphatic rings. The van der Waals surface area contributed by atoms with Crippen molar-refractivity contribution in [3.8, 4) is 21.6 Å². The summed E-state index contributed by atoms with van der Waals surface area (Å²) < 4.78 is 1.30. The van der Waals surface area contributed by atoms with E-state index in [1.807, 2.05) is 11.3 Å². The predicted octanol–water partition coefficient (Wildman–Crippen LogP) is 6.34. The molecule has 4 rings (SSSR count). The van der Waals surface area contributed by atoms with Crippen LogP contribution in [-0.2, 0) is 0 Å². The van der Waals surface area contributed by atoms with Gasteiger partial charge in [-0.1, -0.05) is 53.8 Å². The summed E-state index contributed by atoms with van der Waals surface area (Å²) in [6.07, 6.45) is 0. The van der Waals surface area contributed by atoms with E-state index in [1.165, 1.54) is 25.4 Å². The van der Waals surface area contributed by atoms with Gasteiger partial charge in [0.1, 0.15) is 0 Å². The van der Waals surface area contributed by atoms with Crippen LogP contribution in [0.4, 0.5) is 0 Å². The molecule has 23 heavy (non-hydrogen) atoms. The summed E-state index contributed by atoms with van der Waals surface area (Å²) >= 11 is 3.60. The Morgan fingerprint density at radius 3 is 2.43 bits per heavy atom. The van der Waals surface area contributed by atoms with Gasteiger partial charge in [0.25, 0.3) is 0 Å². The highest BCUT2D eigenvalue weighted by Crippen LogP contribution is 2.39. The molecule has 2 heterocycles. The van der Waals surface area contributed by atoms with Gasteiger partial charge >= 0.3 is 0 Å². The molecule has 0 amide bonds. The van der Waals surface area contributed by atoms with Gasteiger partial charge < -0.3 is 0 Å². The molecule has 0 aliphatic heterocycles. The third-order valence-electron chi connectivity index (χ3n) is 3.72. The Balaban J connectivity index is 1.88. The van der Waals surface area contributed by atoms with Crippen LogP contribution in [0.25, 0.3) is 19.8 Å². The molecule has 0 fully saturated rings. The Morgan fingerprint density at radius 2 is 1.65 bits per heavy atom. The smallest absolute Gasteiger partial charge is 0.0611 e. The first-order chi connectivity index (χ1) is 11.3. The lowest BCUT2D eigenvalue weighted by Crippen LogP contribution is -1.78. The maximum atomic E-state index is 3.43. The highest BCUT2D eigenvalue weighted by molar-refractivity contribution is 7.26. The number of hydrogen-bond donors (Lipinski definition) is 0. The van der Waals surface area contributed by atoms with E-state index in [2.05, 4.69) is 84.8 Å². The fraction of sp³-hybridized carbons (Fsp3) is 0.0476. The molecule has 0 saturated heterocycles. The van der Waals surface area contributed by atoms with Gasteiger partial charge in [-0.2, -0.15) is 0 Å². The zero-order chi connectivity index (χ0) is 15.6. The van der Waals surface area contributed by atoms with Crippen molar-refractivity contribution >= 4 is 32.8 Å². The molecule has 4 aromatic rings. The average molecular weight is 330 g/mol. The average Bonchev–Trinajstić information content (AvgIpc) is 3.22. The molecule has 0 atom stereocenters. The maximum Gasteiger partial charge on any atom is 0.0611 e. The third kappa shape index (κ3) is 2.82. The molecule has 2 aromatic heterocycles. The number of hydrogen-bond acceptors (Lipinski definition) is 2. The fourth-order valence-electron chi connectivity index (χ4n) is 2.52. The maximum absolute atomic E-state index is 3.43. The van der Waals surface area contributed by atoms with Crippen molar-refractivity contribution in [2.45, 2.75) is 6.92 Å². The van der Waals surface area contributed by atoms with E-state index in [-0.39, 0.29) is 0 Å². The SMILES string of the molecule is Cc1ccc(C#Cc2c(-c3cccs3)sc3ccccc23)cc1. The standard InChI is InChI=1S/C21H14S2/c1-15-8-10-16(11-9-15)12-13-18-17-5-2-3-6-19(17)23-21(18)20-7-4-14-22-20/h2-11,14H,1H3. The molecule has 0 unspecified atom stereocenters. The fourth-order valence-corrected chi connectivity index (χ4v) is 4.54. The number of thiophene rings is 2. The van der Waals surface area contributed by atoms with Crippen LogP contribution in [0.2, 0.25) is 0 Å². The zero-order valence-corrected chi connectivity index (χ0v) is 14.3. The van der Waals surface area contributed by atoms with E-state index in [4.69, 9.17) is 0 Å². The molecule has 0 bridgehead atoms. The van der Waals surface area contributed by atoms with Crippen LogP contribution >= 0.6 is 22.7 Å². The summed E-state index contributed by atoms with van der Waals surface area (Å²) in [5.74, 6) is 6.76. The molecule has 110 valence electrons. The van der Waals surface area contributed by atoms with Crippen LogP contribution in [0.1, 0.15) is 16.7 Å². The lowest BCUT2D eigenvalue weighted by atomic mass is 10.1. The molecule has 0 spiro atoms. The van der Waals surface area contributed by atoms with E-state index < -0.39 is 0 Å². The van der Waals surface area contributed by atoms with Gasteiger partial charge in [0.15, 0.2) is 0 Å². The summed E-state index contributed by atoms with van der Waals surface area (Å²) in [6, 6.07) is 21.2. The topological polar surface area (TPSA) is 0 Å². The van der Waals surface area contributed by atoms with Crippen molar-refractivity contribution in [1.82, 2.24) is 0 Å². The van der Waals surface area contributed by atoms with E-state index in [9.17, 15) is 0 Å². The number of benzene rings is 2. The normalized spacial score (nSPS) is 10.5. The minimum Gasteiger partial charge on any atom is -0.143 e. The second-order valence-electron chi connectivity index (χ2n) is 5.40. The van der Waals surface area contributed by atoms with Gasteiger partial charge in [0.2, 0.25) is 0 Å². The number of fused-ring (bicyclic) bond motifs is 1. The predicted molar refractivity (Wildman–Crippen MR) is 102 cm³/mol. The minimum absolute atomic E-state index is 1.06.